The van der Waals surface area contributed by atoms with Crippen molar-refractivity contribution >= 4 is 82.5 Å². The molecular weight excluding hydrogens is 545 g/mol. The van der Waals surface area contributed by atoms with Crippen LogP contribution in [-0.4, -0.2) is 67.8 Å². The van der Waals surface area contributed by atoms with Crippen molar-refractivity contribution in [2.24, 2.45) is 0 Å². The van der Waals surface area contributed by atoms with E-state index in [0.29, 0.717) is 32.9 Å². The molecule has 0 N–H and O–H groups in total. The second kappa shape index (κ2) is 15.8. The second-order valence-corrected chi connectivity index (χ2v) is 15.7. The summed E-state index contributed by atoms with van der Waals surface area (Å²) < 4.78 is 11.5. The third kappa shape index (κ3) is 10.4. The molecule has 0 aliphatic carbocycles. The topological polar surface area (TPSA) is 52.6 Å². The first kappa shape index (κ1) is 28.3. The lowest BCUT2D eigenvalue weighted by atomic mass is 10.2. The molecule has 0 radical (unpaired) electrons. The van der Waals surface area contributed by atoms with E-state index in [9.17, 15) is 9.59 Å². The van der Waals surface area contributed by atoms with E-state index < -0.39 is 0 Å². The Morgan fingerprint density at radius 1 is 0.882 bits per heavy atom. The number of thioether (sulfide) groups is 6. The van der Waals surface area contributed by atoms with Crippen molar-refractivity contribution in [2.45, 2.75) is 31.2 Å². The van der Waals surface area contributed by atoms with Crippen LogP contribution in [0.5, 0.6) is 0 Å². The Hall–Kier alpha value is -0.260. The van der Waals surface area contributed by atoms with Gasteiger partial charge in [-0.15, -0.1) is 47.0 Å². The Kier molecular flexibility index (Phi) is 13.1. The summed E-state index contributed by atoms with van der Waals surface area (Å²) in [6.45, 7) is 7.83. The van der Waals surface area contributed by atoms with Gasteiger partial charge in [-0.25, -0.2) is 9.59 Å². The zero-order valence-corrected chi connectivity index (χ0v) is 23.8. The molecular formula is C24H30O4S6. The van der Waals surface area contributed by atoms with E-state index in [1.54, 1.807) is 0 Å². The standard InChI is InChI=1S/C24H30O4S6/c1-3-21(25)27-9-19-13-31-23(33-19)15-29-11-17-6-5-7-18(8-17)12-30-16-24-32-14-20(34-24)10-28-22(26)4-2/h3-8,19-20,23-24H,1-2,9-16H2. The minimum absolute atomic E-state index is 0.335. The van der Waals surface area contributed by atoms with Crippen molar-refractivity contribution in [3.63, 3.8) is 0 Å². The van der Waals surface area contributed by atoms with Crippen molar-refractivity contribution < 1.29 is 19.1 Å². The van der Waals surface area contributed by atoms with Crippen molar-refractivity contribution in [3.8, 4) is 0 Å². The monoisotopic (exact) mass is 574 g/mol. The van der Waals surface area contributed by atoms with Crippen LogP contribution in [0.2, 0.25) is 0 Å². The predicted molar refractivity (Wildman–Crippen MR) is 156 cm³/mol. The minimum Gasteiger partial charge on any atom is -0.461 e. The molecule has 0 bridgehead atoms. The van der Waals surface area contributed by atoms with E-state index in [2.05, 4.69) is 37.4 Å². The Balaban J connectivity index is 1.29. The molecule has 1 aromatic carbocycles. The van der Waals surface area contributed by atoms with Crippen LogP contribution in [0, 0.1) is 0 Å². The second-order valence-electron chi connectivity index (χ2n) is 7.56. The summed E-state index contributed by atoms with van der Waals surface area (Å²) in [7, 11) is 0. The van der Waals surface area contributed by atoms with Gasteiger partial charge in [0.15, 0.2) is 0 Å². The third-order valence-corrected chi connectivity index (χ3v) is 14.4. The maximum Gasteiger partial charge on any atom is 0.330 e. The summed E-state index contributed by atoms with van der Waals surface area (Å²) in [6, 6.07) is 8.92. The van der Waals surface area contributed by atoms with E-state index in [1.165, 1.54) is 23.3 Å². The van der Waals surface area contributed by atoms with Crippen LogP contribution in [-0.2, 0) is 30.6 Å². The Bertz CT molecular complexity index is 772. The first-order chi connectivity index (χ1) is 16.6. The van der Waals surface area contributed by atoms with Gasteiger partial charge in [0, 0.05) is 57.2 Å². The fourth-order valence-corrected chi connectivity index (χ4v) is 12.5. The maximum atomic E-state index is 11.2. The van der Waals surface area contributed by atoms with Crippen LogP contribution < -0.4 is 0 Å². The molecule has 2 heterocycles. The van der Waals surface area contributed by atoms with E-state index >= 15 is 0 Å². The quantitative estimate of drug-likeness (QED) is 0.196. The normalized spacial score (nSPS) is 24.0. The highest BCUT2D eigenvalue weighted by atomic mass is 32.2. The average molecular weight is 575 g/mol. The summed E-state index contributed by atoms with van der Waals surface area (Å²) in [6.07, 6.45) is 2.45. The predicted octanol–water partition coefficient (Wildman–Crippen LogP) is 5.96. The number of hydrogen-bond donors (Lipinski definition) is 0. The van der Waals surface area contributed by atoms with Gasteiger partial charge in [-0.05, 0) is 11.1 Å². The van der Waals surface area contributed by atoms with Gasteiger partial charge in [-0.3, -0.25) is 0 Å². The van der Waals surface area contributed by atoms with Crippen LogP contribution in [0.15, 0.2) is 49.6 Å². The molecule has 2 saturated heterocycles. The molecule has 4 atom stereocenters. The van der Waals surface area contributed by atoms with Gasteiger partial charge in [0.2, 0.25) is 0 Å². The molecule has 4 nitrogen and oxygen atoms in total. The molecule has 186 valence electrons. The van der Waals surface area contributed by atoms with Crippen LogP contribution in [0.1, 0.15) is 11.1 Å². The van der Waals surface area contributed by atoms with Crippen molar-refractivity contribution in [3.05, 3.63) is 60.7 Å². The third-order valence-electron chi connectivity index (χ3n) is 4.82. The molecule has 0 aromatic heterocycles. The lowest BCUT2D eigenvalue weighted by molar-refractivity contribution is -0.138. The van der Waals surface area contributed by atoms with Crippen LogP contribution in [0.25, 0.3) is 0 Å². The summed E-state index contributed by atoms with van der Waals surface area (Å²) in [5.74, 6) is 5.63. The average Bonchev–Trinajstić information content (AvgIpc) is 3.50. The Labute approximate surface area is 228 Å². The van der Waals surface area contributed by atoms with Gasteiger partial charge >= 0.3 is 11.9 Å². The lowest BCUT2D eigenvalue weighted by Gasteiger charge is -2.11. The zero-order chi connectivity index (χ0) is 24.2. The number of ether oxygens (including phenoxy) is 2. The molecule has 1 aromatic rings. The summed E-state index contributed by atoms with van der Waals surface area (Å²) >= 11 is 11.7. The summed E-state index contributed by atoms with van der Waals surface area (Å²) in [5, 5.41) is 0.766. The highest BCUT2D eigenvalue weighted by Crippen LogP contribution is 2.41. The lowest BCUT2D eigenvalue weighted by Crippen LogP contribution is -2.14. The largest absolute Gasteiger partial charge is 0.461 e. The Morgan fingerprint density at radius 2 is 1.35 bits per heavy atom. The van der Waals surface area contributed by atoms with Gasteiger partial charge in [-0.1, -0.05) is 37.4 Å². The van der Waals surface area contributed by atoms with Gasteiger partial charge in [0.1, 0.15) is 13.2 Å². The van der Waals surface area contributed by atoms with Crippen LogP contribution >= 0.6 is 70.6 Å². The molecule has 2 fully saturated rings. The van der Waals surface area contributed by atoms with E-state index in [0.717, 1.165) is 34.5 Å². The zero-order valence-electron chi connectivity index (χ0n) is 18.9. The number of rotatable bonds is 14. The summed E-state index contributed by atoms with van der Waals surface area (Å²) in [4.78, 5) is 22.4. The maximum absolute atomic E-state index is 11.2. The molecule has 2 aliphatic heterocycles. The van der Waals surface area contributed by atoms with Gasteiger partial charge in [0.25, 0.3) is 0 Å². The van der Waals surface area contributed by atoms with Gasteiger partial charge in [-0.2, -0.15) is 23.5 Å². The number of esters is 2. The number of benzene rings is 1. The molecule has 10 heteroatoms. The minimum atomic E-state index is -0.335. The SMILES string of the molecule is C=CC(=O)OCC1CSC(CSCc2cccc(CSCC3SCC(COC(=O)C=C)S3)c2)S1. The van der Waals surface area contributed by atoms with E-state index in [-0.39, 0.29) is 11.9 Å². The van der Waals surface area contributed by atoms with Crippen molar-refractivity contribution in [1.82, 2.24) is 0 Å². The molecule has 0 saturated carbocycles. The fraction of sp³-hybridized carbons (Fsp3) is 0.500. The number of carbonyl (C=O) groups is 2. The molecule has 0 spiro atoms. The van der Waals surface area contributed by atoms with Crippen molar-refractivity contribution in [1.29, 1.82) is 0 Å². The fourth-order valence-electron chi connectivity index (χ4n) is 3.19. The number of carbonyl (C=O) groups excluding carboxylic acids is 2. The van der Waals surface area contributed by atoms with E-state index in [1.807, 2.05) is 70.6 Å². The summed E-state index contributed by atoms with van der Waals surface area (Å²) in [5.41, 5.74) is 2.75. The van der Waals surface area contributed by atoms with Crippen LogP contribution in [0.4, 0.5) is 0 Å². The molecule has 4 unspecified atom stereocenters. The van der Waals surface area contributed by atoms with Gasteiger partial charge < -0.3 is 9.47 Å². The first-order valence-electron chi connectivity index (χ1n) is 10.9. The molecule has 0 amide bonds. The highest BCUT2D eigenvalue weighted by molar-refractivity contribution is 8.22. The van der Waals surface area contributed by atoms with Crippen molar-refractivity contribution in [2.75, 3.05) is 36.2 Å². The van der Waals surface area contributed by atoms with Crippen LogP contribution in [0.3, 0.4) is 0 Å². The molecule has 2 aliphatic rings. The first-order valence-corrected chi connectivity index (χ1v) is 17.2. The van der Waals surface area contributed by atoms with Gasteiger partial charge in [0.05, 0.1) is 9.16 Å². The molecule has 3 rings (SSSR count). The van der Waals surface area contributed by atoms with E-state index in [4.69, 9.17) is 9.47 Å². The smallest absolute Gasteiger partial charge is 0.330 e. The highest BCUT2D eigenvalue weighted by Gasteiger charge is 2.27. The molecule has 34 heavy (non-hydrogen) atoms. The Morgan fingerprint density at radius 3 is 1.79 bits per heavy atom. The number of hydrogen-bond acceptors (Lipinski definition) is 10.